The molecule has 0 bridgehead atoms. The van der Waals surface area contributed by atoms with Gasteiger partial charge >= 0.3 is 0 Å². The lowest BCUT2D eigenvalue weighted by molar-refractivity contribution is 0.0951. The highest BCUT2D eigenvalue weighted by Gasteiger charge is 2.17. The second-order valence-electron chi connectivity index (χ2n) is 7.46. The van der Waals surface area contributed by atoms with Crippen LogP contribution in [-0.2, 0) is 6.54 Å². The second kappa shape index (κ2) is 8.32. The molecule has 1 amide bonds. The van der Waals surface area contributed by atoms with Gasteiger partial charge in [-0.15, -0.1) is 0 Å². The van der Waals surface area contributed by atoms with E-state index in [1.165, 1.54) is 0 Å². The molecule has 5 aromatic rings. The number of hydrogen-bond donors (Lipinski definition) is 1. The van der Waals surface area contributed by atoms with Gasteiger partial charge in [-0.2, -0.15) is 0 Å². The maximum Gasteiger partial charge on any atom is 0.251 e. The van der Waals surface area contributed by atoms with Crippen molar-refractivity contribution in [3.63, 3.8) is 0 Å². The molecule has 0 radical (unpaired) electrons. The van der Waals surface area contributed by atoms with Gasteiger partial charge in [0, 0.05) is 22.7 Å². The van der Waals surface area contributed by atoms with Crippen LogP contribution < -0.4 is 5.32 Å². The molecule has 32 heavy (non-hydrogen) atoms. The third-order valence-corrected chi connectivity index (χ3v) is 5.40. The molecule has 1 N–H and O–H groups in total. The molecular formula is C25H18ClN3O3. The normalized spacial score (nSPS) is 11.1. The van der Waals surface area contributed by atoms with Crippen molar-refractivity contribution in [2.75, 3.05) is 0 Å². The molecule has 0 aliphatic carbocycles. The van der Waals surface area contributed by atoms with Crippen molar-refractivity contribution in [2.24, 2.45) is 0 Å². The number of amides is 1. The molecule has 5 rings (SSSR count). The van der Waals surface area contributed by atoms with Crippen molar-refractivity contribution in [2.45, 2.75) is 13.5 Å². The predicted molar refractivity (Wildman–Crippen MR) is 122 cm³/mol. The first-order chi connectivity index (χ1) is 15.6. The Kier molecular flexibility index (Phi) is 5.21. The monoisotopic (exact) mass is 443 g/mol. The fraction of sp³-hybridized carbons (Fsp3) is 0.0800. The maximum atomic E-state index is 12.7. The molecule has 7 heteroatoms. The molecule has 2 heterocycles. The van der Waals surface area contributed by atoms with E-state index >= 15 is 0 Å². The Balaban J connectivity index is 1.39. The minimum atomic E-state index is -0.200. The van der Waals surface area contributed by atoms with Crippen molar-refractivity contribution in [1.82, 2.24) is 15.5 Å². The van der Waals surface area contributed by atoms with Crippen LogP contribution in [0.4, 0.5) is 0 Å². The van der Waals surface area contributed by atoms with E-state index in [1.54, 1.807) is 36.6 Å². The molecule has 0 aliphatic rings. The molecule has 2 aromatic heterocycles. The summed E-state index contributed by atoms with van der Waals surface area (Å²) in [5, 5.41) is 8.41. The average Bonchev–Trinajstić information content (AvgIpc) is 3.45. The van der Waals surface area contributed by atoms with Crippen molar-refractivity contribution in [3.8, 4) is 22.8 Å². The Hall–Kier alpha value is -3.90. The average molecular weight is 444 g/mol. The zero-order valence-corrected chi connectivity index (χ0v) is 17.9. The summed E-state index contributed by atoms with van der Waals surface area (Å²) < 4.78 is 11.1. The number of rotatable bonds is 5. The molecule has 0 fully saturated rings. The highest BCUT2D eigenvalue weighted by molar-refractivity contribution is 6.30. The fourth-order valence-electron chi connectivity index (χ4n) is 3.36. The van der Waals surface area contributed by atoms with Crippen LogP contribution >= 0.6 is 11.6 Å². The summed E-state index contributed by atoms with van der Waals surface area (Å²) in [5.74, 6) is 0.294. The van der Waals surface area contributed by atoms with Crippen LogP contribution in [0, 0.1) is 6.92 Å². The Morgan fingerprint density at radius 1 is 1.03 bits per heavy atom. The van der Waals surface area contributed by atoms with E-state index in [9.17, 15) is 4.79 Å². The molecule has 0 aliphatic heterocycles. The van der Waals surface area contributed by atoms with Gasteiger partial charge in [0.25, 0.3) is 5.91 Å². The fourth-order valence-corrected chi connectivity index (χ4v) is 3.49. The first-order valence-electron chi connectivity index (χ1n) is 10.0. The van der Waals surface area contributed by atoms with E-state index in [0.29, 0.717) is 45.4 Å². The van der Waals surface area contributed by atoms with Crippen LogP contribution in [0.5, 0.6) is 0 Å². The first-order valence-corrected chi connectivity index (χ1v) is 10.4. The number of carbonyl (C=O) groups excluding carboxylic acids is 1. The van der Waals surface area contributed by atoms with E-state index in [4.69, 9.17) is 20.5 Å². The van der Waals surface area contributed by atoms with Crippen molar-refractivity contribution in [1.29, 1.82) is 0 Å². The van der Waals surface area contributed by atoms with Crippen LogP contribution in [0.15, 0.2) is 81.9 Å². The summed E-state index contributed by atoms with van der Waals surface area (Å²) in [5.41, 5.74) is 5.11. The van der Waals surface area contributed by atoms with Crippen LogP contribution in [-0.4, -0.2) is 16.0 Å². The van der Waals surface area contributed by atoms with Crippen molar-refractivity contribution in [3.05, 3.63) is 94.7 Å². The number of halogens is 1. The number of aryl methyl sites for hydroxylation is 1. The Bertz CT molecular complexity index is 1400. The number of carbonyl (C=O) groups is 1. The minimum Gasteiger partial charge on any atom is -0.444 e. The lowest BCUT2D eigenvalue weighted by Gasteiger charge is -2.05. The summed E-state index contributed by atoms with van der Waals surface area (Å²) in [4.78, 5) is 17.3. The third-order valence-electron chi connectivity index (χ3n) is 5.14. The molecular weight excluding hydrogens is 426 g/mol. The van der Waals surface area contributed by atoms with E-state index in [-0.39, 0.29) is 5.91 Å². The zero-order valence-electron chi connectivity index (χ0n) is 17.1. The van der Waals surface area contributed by atoms with Gasteiger partial charge in [0.05, 0.1) is 5.39 Å². The van der Waals surface area contributed by atoms with E-state index < -0.39 is 0 Å². The largest absolute Gasteiger partial charge is 0.444 e. The van der Waals surface area contributed by atoms with Gasteiger partial charge in [-0.25, -0.2) is 4.98 Å². The van der Waals surface area contributed by atoms with Gasteiger partial charge in [-0.1, -0.05) is 46.6 Å². The molecule has 3 aromatic carbocycles. The molecule has 0 saturated heterocycles. The number of nitrogens with one attached hydrogen (secondary N) is 1. The molecule has 6 nitrogen and oxygen atoms in total. The Labute approximate surface area is 188 Å². The van der Waals surface area contributed by atoms with Crippen LogP contribution in [0.25, 0.3) is 33.8 Å². The van der Waals surface area contributed by atoms with E-state index in [2.05, 4.69) is 15.5 Å². The van der Waals surface area contributed by atoms with E-state index in [1.807, 2.05) is 43.3 Å². The van der Waals surface area contributed by atoms with Gasteiger partial charge < -0.3 is 14.3 Å². The van der Waals surface area contributed by atoms with Gasteiger partial charge in [-0.05, 0) is 55.0 Å². The molecule has 0 atom stereocenters. The zero-order chi connectivity index (χ0) is 22.1. The van der Waals surface area contributed by atoms with Gasteiger partial charge in [0.1, 0.15) is 17.7 Å². The van der Waals surface area contributed by atoms with Crippen LogP contribution in [0.1, 0.15) is 21.5 Å². The van der Waals surface area contributed by atoms with Crippen LogP contribution in [0.3, 0.4) is 0 Å². The van der Waals surface area contributed by atoms with Gasteiger partial charge in [0.2, 0.25) is 5.89 Å². The third kappa shape index (κ3) is 4.00. The van der Waals surface area contributed by atoms with E-state index in [0.717, 1.165) is 16.7 Å². The first kappa shape index (κ1) is 20.0. The number of fused-ring (bicyclic) bond motifs is 1. The van der Waals surface area contributed by atoms with Crippen molar-refractivity contribution < 1.29 is 13.7 Å². The molecule has 158 valence electrons. The molecule has 0 unspecified atom stereocenters. The lowest BCUT2D eigenvalue weighted by Crippen LogP contribution is -2.22. The highest BCUT2D eigenvalue weighted by atomic mass is 35.5. The Morgan fingerprint density at radius 2 is 1.81 bits per heavy atom. The SMILES string of the molecule is Cc1ccc(-c2nc(-c3noc4ccc(C(=O)NCc5ccc(Cl)cc5)cc34)co2)cc1. The molecule has 0 spiro atoms. The minimum absolute atomic E-state index is 0.200. The standard InChI is InChI=1S/C25H18ClN3O3/c1-15-2-6-17(7-3-15)25-28-21(14-31-25)23-20-12-18(8-11-22(20)32-29-23)24(30)27-13-16-4-9-19(26)10-5-16/h2-12,14H,13H2,1H3,(H,27,30). The number of aromatic nitrogens is 2. The van der Waals surface area contributed by atoms with Gasteiger partial charge in [0.15, 0.2) is 5.58 Å². The lowest BCUT2D eigenvalue weighted by atomic mass is 10.1. The topological polar surface area (TPSA) is 81.2 Å². The number of hydrogen-bond acceptors (Lipinski definition) is 5. The summed E-state index contributed by atoms with van der Waals surface area (Å²) in [6.45, 7) is 2.42. The van der Waals surface area contributed by atoms with Crippen molar-refractivity contribution >= 4 is 28.5 Å². The maximum absolute atomic E-state index is 12.7. The number of nitrogens with zero attached hydrogens (tertiary/aromatic N) is 2. The second-order valence-corrected chi connectivity index (χ2v) is 7.89. The highest BCUT2D eigenvalue weighted by Crippen LogP contribution is 2.30. The van der Waals surface area contributed by atoms with Gasteiger partial charge in [-0.3, -0.25) is 4.79 Å². The summed E-state index contributed by atoms with van der Waals surface area (Å²) in [6, 6.07) is 20.4. The summed E-state index contributed by atoms with van der Waals surface area (Å²) in [6.07, 6.45) is 1.54. The number of oxazole rings is 1. The Morgan fingerprint density at radius 3 is 2.59 bits per heavy atom. The van der Waals surface area contributed by atoms with Crippen LogP contribution in [0.2, 0.25) is 5.02 Å². The predicted octanol–water partition coefficient (Wildman–Crippen LogP) is 6.04. The quantitative estimate of drug-likeness (QED) is 0.358. The molecule has 0 saturated carbocycles. The smallest absolute Gasteiger partial charge is 0.251 e. The summed E-state index contributed by atoms with van der Waals surface area (Å²) >= 11 is 5.91. The summed E-state index contributed by atoms with van der Waals surface area (Å²) in [7, 11) is 0. The number of benzene rings is 3.